The Balaban J connectivity index is 1.73. The summed E-state index contributed by atoms with van der Waals surface area (Å²) in [6, 6.07) is 13.2. The number of hydrogen-bond donors (Lipinski definition) is 2. The summed E-state index contributed by atoms with van der Waals surface area (Å²) in [6.45, 7) is 7.60. The molecule has 0 aliphatic heterocycles. The van der Waals surface area contributed by atoms with Crippen molar-refractivity contribution in [2.45, 2.75) is 39.3 Å². The van der Waals surface area contributed by atoms with Gasteiger partial charge in [0.15, 0.2) is 0 Å². The number of nitrogens with zero attached hydrogens (tertiary/aromatic N) is 2. The summed E-state index contributed by atoms with van der Waals surface area (Å²) in [5.74, 6) is -0.699. The molecule has 0 atom stereocenters. The molecule has 3 aromatic rings. The quantitative estimate of drug-likeness (QED) is 0.573. The molecule has 6 nitrogen and oxygen atoms in total. The number of hydrogen-bond acceptors (Lipinski definition) is 3. The SMILES string of the molecule is Cc1ccccc1-n1nc(C(C)(C)C)cc1NC(=O)CNC(=O)c1ccc(C(F)(F)F)cc1. The molecule has 0 bridgehead atoms. The number of carbonyl (C=O) groups is 2. The van der Waals surface area contributed by atoms with Crippen LogP contribution >= 0.6 is 0 Å². The highest BCUT2D eigenvalue weighted by atomic mass is 19.4. The third kappa shape index (κ3) is 5.79. The van der Waals surface area contributed by atoms with E-state index in [4.69, 9.17) is 0 Å². The number of amides is 2. The van der Waals surface area contributed by atoms with E-state index in [2.05, 4.69) is 15.7 Å². The molecule has 0 saturated carbocycles. The van der Waals surface area contributed by atoms with Gasteiger partial charge >= 0.3 is 6.18 Å². The lowest BCUT2D eigenvalue weighted by atomic mass is 9.92. The fraction of sp³-hybridized carbons (Fsp3) is 0.292. The minimum atomic E-state index is -4.49. The summed E-state index contributed by atoms with van der Waals surface area (Å²) in [6.07, 6.45) is -4.49. The standard InChI is InChI=1S/C24H25F3N4O2/c1-15-7-5-6-8-18(15)31-20(13-19(30-31)23(2,3)4)29-21(32)14-28-22(33)16-9-11-17(12-10-16)24(25,26)27/h5-13H,14H2,1-4H3,(H,28,33)(H,29,32). The average molecular weight is 458 g/mol. The number of benzene rings is 2. The van der Waals surface area contributed by atoms with Crippen LogP contribution in [0.1, 0.15) is 48.0 Å². The number of aromatic nitrogens is 2. The Morgan fingerprint density at radius 3 is 2.21 bits per heavy atom. The first-order chi connectivity index (χ1) is 15.4. The van der Waals surface area contributed by atoms with E-state index in [-0.39, 0.29) is 17.5 Å². The first-order valence-electron chi connectivity index (χ1n) is 10.3. The maximum Gasteiger partial charge on any atom is 0.416 e. The van der Waals surface area contributed by atoms with Crippen molar-refractivity contribution < 1.29 is 22.8 Å². The molecule has 0 fully saturated rings. The second-order valence-corrected chi connectivity index (χ2v) is 8.67. The van der Waals surface area contributed by atoms with Gasteiger partial charge in [0, 0.05) is 17.0 Å². The molecule has 1 aromatic heterocycles. The monoisotopic (exact) mass is 458 g/mol. The zero-order chi connectivity index (χ0) is 24.4. The summed E-state index contributed by atoms with van der Waals surface area (Å²) >= 11 is 0. The van der Waals surface area contributed by atoms with Crippen molar-refractivity contribution in [2.24, 2.45) is 0 Å². The smallest absolute Gasteiger partial charge is 0.343 e. The van der Waals surface area contributed by atoms with E-state index >= 15 is 0 Å². The highest BCUT2D eigenvalue weighted by Gasteiger charge is 2.30. The van der Waals surface area contributed by atoms with Gasteiger partial charge in [0.1, 0.15) is 5.82 Å². The Hall–Kier alpha value is -3.62. The summed E-state index contributed by atoms with van der Waals surface area (Å²) in [5, 5.41) is 9.84. The van der Waals surface area contributed by atoms with Gasteiger partial charge in [0.25, 0.3) is 5.91 Å². The normalized spacial score (nSPS) is 11.8. The molecule has 174 valence electrons. The van der Waals surface area contributed by atoms with E-state index in [1.165, 1.54) is 0 Å². The van der Waals surface area contributed by atoms with E-state index in [1.54, 1.807) is 10.7 Å². The first-order valence-corrected chi connectivity index (χ1v) is 10.3. The maximum absolute atomic E-state index is 12.7. The average Bonchev–Trinajstić information content (AvgIpc) is 3.16. The van der Waals surface area contributed by atoms with Gasteiger partial charge < -0.3 is 10.6 Å². The lowest BCUT2D eigenvalue weighted by Gasteiger charge is -2.14. The molecule has 0 spiro atoms. The molecule has 2 amide bonds. The van der Waals surface area contributed by atoms with Gasteiger partial charge in [-0.3, -0.25) is 9.59 Å². The molecule has 33 heavy (non-hydrogen) atoms. The van der Waals surface area contributed by atoms with Gasteiger partial charge in [-0.25, -0.2) is 4.68 Å². The Kier molecular flexibility index (Phi) is 6.62. The first kappa shape index (κ1) is 24.0. The molecule has 0 unspecified atom stereocenters. The Morgan fingerprint density at radius 1 is 1.00 bits per heavy atom. The van der Waals surface area contributed by atoms with Gasteiger partial charge in [-0.05, 0) is 42.8 Å². The summed E-state index contributed by atoms with van der Waals surface area (Å²) in [4.78, 5) is 24.8. The summed E-state index contributed by atoms with van der Waals surface area (Å²) in [7, 11) is 0. The Labute approximate surface area is 189 Å². The molecule has 1 heterocycles. The molecule has 2 N–H and O–H groups in total. The van der Waals surface area contributed by atoms with Crippen molar-refractivity contribution in [3.8, 4) is 5.69 Å². The van der Waals surface area contributed by atoms with Crippen LogP contribution in [0.5, 0.6) is 0 Å². The number of alkyl halides is 3. The zero-order valence-electron chi connectivity index (χ0n) is 18.7. The van der Waals surface area contributed by atoms with E-state index in [1.807, 2.05) is 52.0 Å². The molecule has 0 radical (unpaired) electrons. The molecule has 9 heteroatoms. The van der Waals surface area contributed by atoms with Crippen LogP contribution in [-0.4, -0.2) is 28.1 Å². The van der Waals surface area contributed by atoms with Crippen LogP contribution in [0.4, 0.5) is 19.0 Å². The number of anilines is 1. The Bertz CT molecular complexity index is 1160. The summed E-state index contributed by atoms with van der Waals surface area (Å²) in [5.41, 5.74) is 1.45. The third-order valence-corrected chi connectivity index (χ3v) is 4.97. The lowest BCUT2D eigenvalue weighted by molar-refractivity contribution is -0.137. The second kappa shape index (κ2) is 9.09. The van der Waals surface area contributed by atoms with Crippen LogP contribution < -0.4 is 10.6 Å². The number of rotatable bonds is 5. The van der Waals surface area contributed by atoms with Crippen molar-refractivity contribution >= 4 is 17.6 Å². The number of aryl methyl sites for hydroxylation is 1. The second-order valence-electron chi connectivity index (χ2n) is 8.67. The predicted molar refractivity (Wildman–Crippen MR) is 119 cm³/mol. The highest BCUT2D eigenvalue weighted by molar-refractivity contribution is 5.99. The van der Waals surface area contributed by atoms with Crippen molar-refractivity contribution in [1.29, 1.82) is 0 Å². The van der Waals surface area contributed by atoms with Crippen LogP contribution in [0, 0.1) is 6.92 Å². The molecular weight excluding hydrogens is 433 g/mol. The molecule has 2 aromatic carbocycles. The van der Waals surface area contributed by atoms with Crippen LogP contribution in [0.15, 0.2) is 54.6 Å². The van der Waals surface area contributed by atoms with Gasteiger partial charge in [-0.2, -0.15) is 18.3 Å². The van der Waals surface area contributed by atoms with E-state index in [0.717, 1.165) is 41.2 Å². The fourth-order valence-electron chi connectivity index (χ4n) is 3.08. The molecule has 0 aliphatic carbocycles. The van der Waals surface area contributed by atoms with Crippen molar-refractivity contribution in [3.05, 3.63) is 77.0 Å². The van der Waals surface area contributed by atoms with Gasteiger partial charge in [-0.1, -0.05) is 39.0 Å². The fourth-order valence-corrected chi connectivity index (χ4v) is 3.08. The van der Waals surface area contributed by atoms with Crippen molar-refractivity contribution in [2.75, 3.05) is 11.9 Å². The van der Waals surface area contributed by atoms with Crippen LogP contribution in [-0.2, 0) is 16.4 Å². The molecule has 0 aliphatic rings. The lowest BCUT2D eigenvalue weighted by Crippen LogP contribution is -2.33. The van der Waals surface area contributed by atoms with E-state index < -0.39 is 23.6 Å². The maximum atomic E-state index is 12.7. The van der Waals surface area contributed by atoms with Gasteiger partial charge in [0.05, 0.1) is 23.5 Å². The topological polar surface area (TPSA) is 76.0 Å². The Morgan fingerprint density at radius 2 is 1.64 bits per heavy atom. The third-order valence-electron chi connectivity index (χ3n) is 4.97. The minimum Gasteiger partial charge on any atom is -0.343 e. The van der Waals surface area contributed by atoms with Crippen LogP contribution in [0.2, 0.25) is 0 Å². The predicted octanol–water partition coefficient (Wildman–Crippen LogP) is 4.87. The number of nitrogens with one attached hydrogen (secondary N) is 2. The number of halogens is 3. The van der Waals surface area contributed by atoms with Crippen LogP contribution in [0.25, 0.3) is 5.69 Å². The zero-order valence-corrected chi connectivity index (χ0v) is 18.7. The van der Waals surface area contributed by atoms with Crippen LogP contribution in [0.3, 0.4) is 0 Å². The summed E-state index contributed by atoms with van der Waals surface area (Å²) < 4.78 is 39.7. The molecular formula is C24H25F3N4O2. The van der Waals surface area contributed by atoms with E-state index in [9.17, 15) is 22.8 Å². The van der Waals surface area contributed by atoms with Gasteiger partial charge in [0.2, 0.25) is 5.91 Å². The number of carbonyl (C=O) groups excluding carboxylic acids is 2. The van der Waals surface area contributed by atoms with Crippen molar-refractivity contribution in [1.82, 2.24) is 15.1 Å². The van der Waals surface area contributed by atoms with Crippen molar-refractivity contribution in [3.63, 3.8) is 0 Å². The van der Waals surface area contributed by atoms with Gasteiger partial charge in [-0.15, -0.1) is 0 Å². The number of para-hydroxylation sites is 1. The molecule has 3 rings (SSSR count). The minimum absolute atomic E-state index is 0.0239. The van der Waals surface area contributed by atoms with E-state index in [0.29, 0.717) is 5.82 Å². The highest BCUT2D eigenvalue weighted by Crippen LogP contribution is 2.29. The largest absolute Gasteiger partial charge is 0.416 e. The molecule has 0 saturated heterocycles.